The summed E-state index contributed by atoms with van der Waals surface area (Å²) in [5.74, 6) is 5.77. The van der Waals surface area contributed by atoms with Crippen LogP contribution in [-0.4, -0.2) is 29.2 Å². The van der Waals surface area contributed by atoms with Crippen LogP contribution in [0.2, 0.25) is 26.2 Å². The Balaban J connectivity index is 2.63. The van der Waals surface area contributed by atoms with E-state index in [2.05, 4.69) is 97.8 Å². The molecule has 2 aromatic rings. The Hall–Kier alpha value is -2.70. The van der Waals surface area contributed by atoms with Gasteiger partial charge in [-0.1, -0.05) is 83.7 Å². The molecule has 0 bridgehead atoms. The number of carbonyl (C=O) groups is 1. The van der Waals surface area contributed by atoms with Gasteiger partial charge in [0, 0.05) is 17.2 Å². The second kappa shape index (κ2) is 14.3. The molecule has 0 amide bonds. The van der Waals surface area contributed by atoms with Gasteiger partial charge in [-0.2, -0.15) is 0 Å². The first-order valence-corrected chi connectivity index (χ1v) is 19.7. The molecule has 216 valence electrons. The number of carboxylic acid groups (broad SMARTS) is 1. The molecule has 0 aliphatic heterocycles. The minimum atomic E-state index is -1.34. The summed E-state index contributed by atoms with van der Waals surface area (Å²) in [6, 6.07) is 14.5. The molecule has 1 N–H and O–H groups in total. The van der Waals surface area contributed by atoms with E-state index in [1.807, 2.05) is 31.2 Å². The van der Waals surface area contributed by atoms with Gasteiger partial charge in [0.25, 0.3) is 0 Å². The number of hydrogen-bond acceptors (Lipinski definition) is 3. The molecule has 2 rings (SSSR count). The molecule has 40 heavy (non-hydrogen) atoms. The zero-order valence-corrected chi connectivity index (χ0v) is 28.6. The molecule has 0 spiro atoms. The lowest BCUT2D eigenvalue weighted by Gasteiger charge is -2.39. The topological polar surface area (TPSA) is 55.8 Å². The standard InChI is InChI=1S/C34H48O4Si2/c1-24(14-12-17-30(35)36)27-16-13-15-25(22-27)18-19-26-20-21-28(31(33(2,3)4)37-39(8)9)29(23-26)32(34(5,6)7)38-40(10)11/h12-17,20-23,31-32,39-40H,1-11H3,(H,35,36). The van der Waals surface area contributed by atoms with Crippen LogP contribution in [0.25, 0.3) is 5.57 Å². The van der Waals surface area contributed by atoms with Gasteiger partial charge in [0.15, 0.2) is 18.1 Å². The highest BCUT2D eigenvalue weighted by Crippen LogP contribution is 2.45. The van der Waals surface area contributed by atoms with E-state index in [-0.39, 0.29) is 23.0 Å². The molecule has 0 saturated heterocycles. The monoisotopic (exact) mass is 576 g/mol. The van der Waals surface area contributed by atoms with Crippen molar-refractivity contribution in [3.63, 3.8) is 0 Å². The van der Waals surface area contributed by atoms with Crippen molar-refractivity contribution in [1.29, 1.82) is 0 Å². The Morgan fingerprint density at radius 3 is 1.85 bits per heavy atom. The molecule has 2 unspecified atom stereocenters. The second-order valence-corrected chi connectivity index (χ2v) is 17.8. The maximum Gasteiger partial charge on any atom is 0.328 e. The van der Waals surface area contributed by atoms with Crippen molar-refractivity contribution < 1.29 is 18.8 Å². The summed E-state index contributed by atoms with van der Waals surface area (Å²) in [6.45, 7) is 24.3. The van der Waals surface area contributed by atoms with Gasteiger partial charge in [0.05, 0.1) is 12.2 Å². The van der Waals surface area contributed by atoms with E-state index in [0.717, 1.165) is 28.3 Å². The average molecular weight is 577 g/mol. The highest BCUT2D eigenvalue weighted by atomic mass is 28.3. The van der Waals surface area contributed by atoms with Crippen LogP contribution in [0.4, 0.5) is 0 Å². The van der Waals surface area contributed by atoms with Crippen molar-refractivity contribution in [3.8, 4) is 11.8 Å². The molecular weight excluding hydrogens is 529 g/mol. The molecule has 0 aromatic heterocycles. The first kappa shape index (κ1) is 33.5. The first-order valence-electron chi connectivity index (χ1n) is 14.1. The first-order chi connectivity index (χ1) is 18.5. The maximum absolute atomic E-state index is 10.8. The predicted octanol–water partition coefficient (Wildman–Crippen LogP) is 8.30. The molecular formula is C34H48O4Si2. The SMILES string of the molecule is CC(=CC=CC(=O)O)c1cccc(C#Cc2ccc(C(O[SiH](C)C)C(C)(C)C)c(C(O[SiH](C)C)C(C)(C)C)c2)c1. The third-order valence-electron chi connectivity index (χ3n) is 6.30. The number of aliphatic carboxylic acids is 1. The Morgan fingerprint density at radius 2 is 1.35 bits per heavy atom. The van der Waals surface area contributed by atoms with Crippen LogP contribution in [0.1, 0.15) is 88.5 Å². The van der Waals surface area contributed by atoms with Crippen molar-refractivity contribution in [1.82, 2.24) is 0 Å². The summed E-state index contributed by atoms with van der Waals surface area (Å²) in [4.78, 5) is 10.8. The van der Waals surface area contributed by atoms with Crippen LogP contribution < -0.4 is 0 Å². The lowest BCUT2D eigenvalue weighted by molar-refractivity contribution is -0.131. The van der Waals surface area contributed by atoms with E-state index in [1.54, 1.807) is 12.2 Å². The van der Waals surface area contributed by atoms with Crippen LogP contribution in [0, 0.1) is 22.7 Å². The second-order valence-electron chi connectivity index (χ2n) is 13.1. The van der Waals surface area contributed by atoms with Crippen LogP contribution in [0.3, 0.4) is 0 Å². The summed E-state index contributed by atoms with van der Waals surface area (Å²) in [7, 11) is -2.65. The van der Waals surface area contributed by atoms with E-state index in [0.29, 0.717) is 0 Å². The van der Waals surface area contributed by atoms with Gasteiger partial charge in [0.1, 0.15) is 0 Å². The zero-order valence-electron chi connectivity index (χ0n) is 26.3. The van der Waals surface area contributed by atoms with Crippen molar-refractivity contribution >= 4 is 29.6 Å². The normalized spacial score (nSPS) is 14.4. The Bertz CT molecular complexity index is 1280. The van der Waals surface area contributed by atoms with Crippen molar-refractivity contribution in [2.24, 2.45) is 10.8 Å². The summed E-state index contributed by atoms with van der Waals surface area (Å²) < 4.78 is 13.4. The molecule has 2 atom stereocenters. The minimum absolute atomic E-state index is 0.0277. The Morgan fingerprint density at radius 1 is 0.825 bits per heavy atom. The third-order valence-corrected chi connectivity index (χ3v) is 7.93. The number of carboxylic acids is 1. The van der Waals surface area contributed by atoms with Crippen LogP contribution in [0.5, 0.6) is 0 Å². The number of hydrogen-bond donors (Lipinski definition) is 1. The summed E-state index contributed by atoms with van der Waals surface area (Å²) in [6.07, 6.45) is 4.38. The van der Waals surface area contributed by atoms with Gasteiger partial charge in [-0.15, -0.1) is 0 Å². The van der Waals surface area contributed by atoms with E-state index in [9.17, 15) is 4.79 Å². The molecule has 0 heterocycles. The highest BCUT2D eigenvalue weighted by Gasteiger charge is 2.35. The molecule has 0 aliphatic carbocycles. The summed E-state index contributed by atoms with van der Waals surface area (Å²) >= 11 is 0. The van der Waals surface area contributed by atoms with Crippen molar-refractivity contribution in [3.05, 3.63) is 88.5 Å². The molecule has 0 radical (unpaired) electrons. The fourth-order valence-corrected chi connectivity index (χ4v) is 6.71. The van der Waals surface area contributed by atoms with E-state index < -0.39 is 24.0 Å². The van der Waals surface area contributed by atoms with Gasteiger partial charge in [-0.3, -0.25) is 0 Å². The molecule has 2 aromatic carbocycles. The van der Waals surface area contributed by atoms with Gasteiger partial charge >= 0.3 is 5.97 Å². The lowest BCUT2D eigenvalue weighted by Crippen LogP contribution is -2.31. The van der Waals surface area contributed by atoms with Crippen LogP contribution in [-0.2, 0) is 13.6 Å². The number of rotatable bonds is 9. The smallest absolute Gasteiger partial charge is 0.328 e. The largest absolute Gasteiger partial charge is 0.478 e. The number of benzene rings is 2. The maximum atomic E-state index is 10.8. The highest BCUT2D eigenvalue weighted by molar-refractivity contribution is 6.48. The van der Waals surface area contributed by atoms with Gasteiger partial charge in [-0.05, 0) is 90.5 Å². The van der Waals surface area contributed by atoms with E-state index in [1.165, 1.54) is 11.1 Å². The quantitative estimate of drug-likeness (QED) is 0.141. The van der Waals surface area contributed by atoms with E-state index >= 15 is 0 Å². The molecule has 0 aliphatic rings. The van der Waals surface area contributed by atoms with Gasteiger partial charge < -0.3 is 14.0 Å². The Kier molecular flexibility index (Phi) is 12.0. The zero-order chi connectivity index (χ0) is 30.3. The van der Waals surface area contributed by atoms with Crippen LogP contribution in [0.15, 0.2) is 60.7 Å². The lowest BCUT2D eigenvalue weighted by atomic mass is 9.77. The molecule has 6 heteroatoms. The van der Waals surface area contributed by atoms with Crippen molar-refractivity contribution in [2.45, 2.75) is 86.9 Å². The molecule has 4 nitrogen and oxygen atoms in total. The molecule has 0 fully saturated rings. The summed E-state index contributed by atoms with van der Waals surface area (Å²) in [5.41, 5.74) is 6.03. The summed E-state index contributed by atoms with van der Waals surface area (Å²) in [5, 5.41) is 8.84. The Labute approximate surface area is 246 Å². The average Bonchev–Trinajstić information content (AvgIpc) is 2.83. The number of allylic oxidation sites excluding steroid dienone is 3. The van der Waals surface area contributed by atoms with Crippen LogP contribution >= 0.6 is 0 Å². The van der Waals surface area contributed by atoms with Gasteiger partial charge in [-0.25, -0.2) is 4.79 Å². The minimum Gasteiger partial charge on any atom is -0.478 e. The van der Waals surface area contributed by atoms with Gasteiger partial charge in [0.2, 0.25) is 0 Å². The third kappa shape index (κ3) is 10.4. The fraction of sp³-hybridized carbons (Fsp3) is 0.441. The predicted molar refractivity (Wildman–Crippen MR) is 174 cm³/mol. The fourth-order valence-electron chi connectivity index (χ4n) is 4.51. The molecule has 0 saturated carbocycles. The van der Waals surface area contributed by atoms with E-state index in [4.69, 9.17) is 14.0 Å². The van der Waals surface area contributed by atoms with Crippen molar-refractivity contribution in [2.75, 3.05) is 0 Å².